The van der Waals surface area contributed by atoms with Gasteiger partial charge >= 0.3 is 0 Å². The van der Waals surface area contributed by atoms with Crippen LogP contribution in [0, 0.1) is 6.92 Å². The summed E-state index contributed by atoms with van der Waals surface area (Å²) in [6.07, 6.45) is 0. The summed E-state index contributed by atoms with van der Waals surface area (Å²) < 4.78 is 5.37. The number of nitrogens with one attached hydrogen (secondary N) is 2. The number of ether oxygens (including phenoxy) is 1. The molecule has 0 spiro atoms. The lowest BCUT2D eigenvalue weighted by atomic mass is 10.2. The molecule has 2 rings (SSSR count). The molecule has 0 saturated carbocycles. The maximum Gasteiger partial charge on any atom is 0.276 e. The number of benzene rings is 2. The van der Waals surface area contributed by atoms with Crippen LogP contribution in [0.5, 0.6) is 5.75 Å². The van der Waals surface area contributed by atoms with Crippen LogP contribution in [-0.2, 0) is 4.79 Å². The molecule has 2 aromatic carbocycles. The standard InChI is InChI=1S/C16H14Cl2N2O3/c1-10-4-2-3-5-14(10)23-9-15(21)19-20-16(22)11-6-7-12(17)13(18)8-11/h2-8H,9H2,1H3,(H,19,21)(H,20,22). The summed E-state index contributed by atoms with van der Waals surface area (Å²) in [5.74, 6) is -0.382. The second kappa shape index (κ2) is 7.85. The second-order valence-electron chi connectivity index (χ2n) is 4.69. The lowest BCUT2D eigenvalue weighted by Gasteiger charge is -2.10. The maximum absolute atomic E-state index is 11.9. The number of hydrogen-bond donors (Lipinski definition) is 2. The zero-order valence-corrected chi connectivity index (χ0v) is 13.7. The van der Waals surface area contributed by atoms with Crippen LogP contribution in [0.15, 0.2) is 42.5 Å². The van der Waals surface area contributed by atoms with Gasteiger partial charge in [-0.25, -0.2) is 0 Å². The monoisotopic (exact) mass is 352 g/mol. The Morgan fingerprint density at radius 2 is 1.78 bits per heavy atom. The van der Waals surface area contributed by atoms with Gasteiger partial charge in [0.1, 0.15) is 5.75 Å². The van der Waals surface area contributed by atoms with Crippen LogP contribution in [0.2, 0.25) is 10.0 Å². The maximum atomic E-state index is 11.9. The van der Waals surface area contributed by atoms with Gasteiger partial charge in [-0.05, 0) is 36.8 Å². The quantitative estimate of drug-likeness (QED) is 0.830. The van der Waals surface area contributed by atoms with Crippen LogP contribution in [0.3, 0.4) is 0 Å². The van der Waals surface area contributed by atoms with Crippen molar-refractivity contribution in [2.24, 2.45) is 0 Å². The highest BCUT2D eigenvalue weighted by atomic mass is 35.5. The van der Waals surface area contributed by atoms with Gasteiger partial charge in [0, 0.05) is 5.56 Å². The molecule has 2 N–H and O–H groups in total. The third-order valence-electron chi connectivity index (χ3n) is 2.95. The van der Waals surface area contributed by atoms with Gasteiger partial charge in [-0.15, -0.1) is 0 Å². The van der Waals surface area contributed by atoms with E-state index in [1.807, 2.05) is 25.1 Å². The third kappa shape index (κ3) is 4.87. The highest BCUT2D eigenvalue weighted by molar-refractivity contribution is 6.42. The summed E-state index contributed by atoms with van der Waals surface area (Å²) in [7, 11) is 0. The third-order valence-corrected chi connectivity index (χ3v) is 3.69. The highest BCUT2D eigenvalue weighted by Crippen LogP contribution is 2.22. The Bertz CT molecular complexity index is 735. The molecule has 0 atom stereocenters. The van der Waals surface area contributed by atoms with Crippen molar-refractivity contribution >= 4 is 35.0 Å². The number of hydrazine groups is 1. The lowest BCUT2D eigenvalue weighted by Crippen LogP contribution is -2.43. The van der Waals surface area contributed by atoms with Gasteiger partial charge in [0.25, 0.3) is 11.8 Å². The fourth-order valence-electron chi connectivity index (χ4n) is 1.73. The highest BCUT2D eigenvalue weighted by Gasteiger charge is 2.10. The smallest absolute Gasteiger partial charge is 0.276 e. The second-order valence-corrected chi connectivity index (χ2v) is 5.50. The Balaban J connectivity index is 1.83. The summed E-state index contributed by atoms with van der Waals surface area (Å²) in [5, 5.41) is 0.604. The molecule has 0 bridgehead atoms. The van der Waals surface area contributed by atoms with E-state index >= 15 is 0 Å². The number of amides is 2. The van der Waals surface area contributed by atoms with Crippen molar-refractivity contribution in [3.8, 4) is 5.75 Å². The summed E-state index contributed by atoms with van der Waals surface area (Å²) >= 11 is 11.6. The fraction of sp³-hybridized carbons (Fsp3) is 0.125. The van der Waals surface area contributed by atoms with Crippen molar-refractivity contribution in [1.29, 1.82) is 0 Å². The van der Waals surface area contributed by atoms with E-state index in [2.05, 4.69) is 10.9 Å². The number of hydrogen-bond acceptors (Lipinski definition) is 3. The van der Waals surface area contributed by atoms with Crippen LogP contribution in [-0.4, -0.2) is 18.4 Å². The molecule has 2 amide bonds. The van der Waals surface area contributed by atoms with Gasteiger partial charge in [0.15, 0.2) is 6.61 Å². The molecule has 0 fully saturated rings. The Kier molecular flexibility index (Phi) is 5.84. The predicted octanol–water partition coefficient (Wildman–Crippen LogP) is 3.14. The van der Waals surface area contributed by atoms with E-state index in [1.54, 1.807) is 6.07 Å². The van der Waals surface area contributed by atoms with Gasteiger partial charge in [-0.1, -0.05) is 41.4 Å². The topological polar surface area (TPSA) is 67.4 Å². The SMILES string of the molecule is Cc1ccccc1OCC(=O)NNC(=O)c1ccc(Cl)c(Cl)c1. The number of rotatable bonds is 4. The summed E-state index contributed by atoms with van der Waals surface area (Å²) in [6.45, 7) is 1.66. The molecule has 0 aliphatic rings. The zero-order chi connectivity index (χ0) is 16.8. The van der Waals surface area contributed by atoms with Crippen LogP contribution in [0.4, 0.5) is 0 Å². The largest absolute Gasteiger partial charge is 0.483 e. The van der Waals surface area contributed by atoms with Gasteiger partial charge in [-0.3, -0.25) is 20.4 Å². The van der Waals surface area contributed by atoms with Gasteiger partial charge in [-0.2, -0.15) is 0 Å². The van der Waals surface area contributed by atoms with Crippen molar-refractivity contribution in [3.05, 3.63) is 63.6 Å². The molecule has 0 aliphatic carbocycles. The van der Waals surface area contributed by atoms with Crippen LogP contribution in [0.1, 0.15) is 15.9 Å². The minimum Gasteiger partial charge on any atom is -0.483 e. The number of aryl methyl sites for hydroxylation is 1. The molecule has 0 heterocycles. The van der Waals surface area contributed by atoms with Crippen molar-refractivity contribution in [2.75, 3.05) is 6.61 Å². The molecule has 5 nitrogen and oxygen atoms in total. The van der Waals surface area contributed by atoms with E-state index in [-0.39, 0.29) is 17.2 Å². The average Bonchev–Trinajstić information content (AvgIpc) is 2.54. The minimum absolute atomic E-state index is 0.216. The number of halogens is 2. The molecule has 0 unspecified atom stereocenters. The number of para-hydroxylation sites is 1. The van der Waals surface area contributed by atoms with Gasteiger partial charge < -0.3 is 4.74 Å². The van der Waals surface area contributed by atoms with E-state index in [4.69, 9.17) is 27.9 Å². The molecule has 0 saturated heterocycles. The fourth-order valence-corrected chi connectivity index (χ4v) is 2.03. The van der Waals surface area contributed by atoms with Crippen molar-refractivity contribution < 1.29 is 14.3 Å². The molecular weight excluding hydrogens is 339 g/mol. The minimum atomic E-state index is -0.507. The number of carbonyl (C=O) groups is 2. The first-order valence-electron chi connectivity index (χ1n) is 6.70. The van der Waals surface area contributed by atoms with E-state index in [0.29, 0.717) is 10.8 Å². The zero-order valence-electron chi connectivity index (χ0n) is 12.2. The van der Waals surface area contributed by atoms with E-state index < -0.39 is 11.8 Å². The molecular formula is C16H14Cl2N2O3. The Morgan fingerprint density at radius 1 is 1.04 bits per heavy atom. The Labute approximate surface area is 143 Å². The molecule has 0 radical (unpaired) electrons. The molecule has 23 heavy (non-hydrogen) atoms. The van der Waals surface area contributed by atoms with E-state index in [9.17, 15) is 9.59 Å². The summed E-state index contributed by atoms with van der Waals surface area (Å²) in [5.41, 5.74) is 5.74. The molecule has 7 heteroatoms. The van der Waals surface area contributed by atoms with Crippen LogP contribution >= 0.6 is 23.2 Å². The van der Waals surface area contributed by atoms with E-state index in [0.717, 1.165) is 5.56 Å². The Hall–Kier alpha value is -2.24. The first-order chi connectivity index (χ1) is 11.0. The summed E-state index contributed by atoms with van der Waals surface area (Å²) in [4.78, 5) is 23.6. The normalized spacial score (nSPS) is 10.0. The molecule has 0 aromatic heterocycles. The summed E-state index contributed by atoms with van der Waals surface area (Å²) in [6, 6.07) is 11.7. The van der Waals surface area contributed by atoms with Crippen molar-refractivity contribution in [2.45, 2.75) is 6.92 Å². The van der Waals surface area contributed by atoms with Crippen LogP contribution < -0.4 is 15.6 Å². The Morgan fingerprint density at radius 3 is 2.48 bits per heavy atom. The first-order valence-corrected chi connectivity index (χ1v) is 7.45. The predicted molar refractivity (Wildman–Crippen MR) is 88.7 cm³/mol. The molecule has 0 aliphatic heterocycles. The van der Waals surface area contributed by atoms with E-state index in [1.165, 1.54) is 18.2 Å². The van der Waals surface area contributed by atoms with Crippen molar-refractivity contribution in [3.63, 3.8) is 0 Å². The van der Waals surface area contributed by atoms with Crippen molar-refractivity contribution in [1.82, 2.24) is 10.9 Å². The average molecular weight is 353 g/mol. The lowest BCUT2D eigenvalue weighted by molar-refractivity contribution is -0.123. The number of carbonyl (C=O) groups excluding carboxylic acids is 2. The first kappa shape index (κ1) is 17.1. The van der Waals surface area contributed by atoms with Gasteiger partial charge in [0.2, 0.25) is 0 Å². The molecule has 120 valence electrons. The van der Waals surface area contributed by atoms with Crippen LogP contribution in [0.25, 0.3) is 0 Å². The molecule has 2 aromatic rings. The van der Waals surface area contributed by atoms with Gasteiger partial charge in [0.05, 0.1) is 10.0 Å².